The highest BCUT2D eigenvalue weighted by atomic mass is 35.5. The number of hydrogen-bond acceptors (Lipinski definition) is 4. The molecule has 134 valence electrons. The number of nitrogens with zero attached hydrogens (tertiary/aromatic N) is 4. The molecular formula is C19H25ClN4O. The van der Waals surface area contributed by atoms with Crippen LogP contribution >= 0.6 is 12.4 Å². The van der Waals surface area contributed by atoms with Gasteiger partial charge in [-0.1, -0.05) is 13.8 Å². The number of benzene rings is 1. The lowest BCUT2D eigenvalue weighted by molar-refractivity contribution is 0.415. The number of anilines is 2. The Kier molecular flexibility index (Phi) is 5.90. The first-order valence-electron chi connectivity index (χ1n) is 8.21. The molecule has 0 saturated carbocycles. The molecule has 25 heavy (non-hydrogen) atoms. The van der Waals surface area contributed by atoms with Gasteiger partial charge in [-0.3, -0.25) is 0 Å². The van der Waals surface area contributed by atoms with E-state index in [0.29, 0.717) is 5.92 Å². The molecule has 0 N–H and O–H groups in total. The summed E-state index contributed by atoms with van der Waals surface area (Å²) in [5.74, 6) is 3.11. The number of aryl methyl sites for hydroxylation is 1. The van der Waals surface area contributed by atoms with Gasteiger partial charge in [0.1, 0.15) is 17.1 Å². The Hall–Kier alpha value is -2.27. The van der Waals surface area contributed by atoms with E-state index in [0.717, 1.165) is 40.7 Å². The van der Waals surface area contributed by atoms with Crippen LogP contribution in [-0.4, -0.2) is 28.7 Å². The van der Waals surface area contributed by atoms with Crippen molar-refractivity contribution < 1.29 is 4.74 Å². The van der Waals surface area contributed by atoms with Crippen LogP contribution in [0.15, 0.2) is 36.5 Å². The third kappa shape index (κ3) is 3.87. The van der Waals surface area contributed by atoms with Crippen molar-refractivity contribution in [3.05, 3.63) is 42.4 Å². The topological polar surface area (TPSA) is 43.2 Å². The van der Waals surface area contributed by atoms with Gasteiger partial charge < -0.3 is 14.2 Å². The van der Waals surface area contributed by atoms with Gasteiger partial charge in [0.15, 0.2) is 5.82 Å². The minimum Gasteiger partial charge on any atom is -0.497 e. The fourth-order valence-corrected chi connectivity index (χ4v) is 2.91. The minimum atomic E-state index is 0. The molecule has 0 saturated heterocycles. The van der Waals surface area contributed by atoms with Gasteiger partial charge in [0.2, 0.25) is 0 Å². The van der Waals surface area contributed by atoms with E-state index in [4.69, 9.17) is 9.72 Å². The zero-order valence-electron chi connectivity index (χ0n) is 15.4. The lowest BCUT2D eigenvalue weighted by Crippen LogP contribution is -2.15. The fraction of sp³-hybridized carbons (Fsp3) is 0.368. The Morgan fingerprint density at radius 1 is 1.12 bits per heavy atom. The highest BCUT2D eigenvalue weighted by Crippen LogP contribution is 2.30. The molecule has 2 heterocycles. The Bertz CT molecular complexity index is 843. The summed E-state index contributed by atoms with van der Waals surface area (Å²) in [5.41, 5.74) is 3.12. The van der Waals surface area contributed by atoms with Gasteiger partial charge in [0.05, 0.1) is 12.6 Å². The van der Waals surface area contributed by atoms with Crippen LogP contribution < -0.4 is 9.64 Å². The molecule has 5 nitrogen and oxygen atoms in total. The van der Waals surface area contributed by atoms with Gasteiger partial charge >= 0.3 is 0 Å². The summed E-state index contributed by atoms with van der Waals surface area (Å²) < 4.78 is 7.49. The van der Waals surface area contributed by atoms with Gasteiger partial charge in [0.25, 0.3) is 0 Å². The molecule has 0 amide bonds. The van der Waals surface area contributed by atoms with Crippen molar-refractivity contribution in [3.63, 3.8) is 0 Å². The fourth-order valence-electron chi connectivity index (χ4n) is 2.91. The number of rotatable bonds is 5. The summed E-state index contributed by atoms with van der Waals surface area (Å²) in [7, 11) is 3.71. The van der Waals surface area contributed by atoms with Crippen molar-refractivity contribution in [1.82, 2.24) is 14.5 Å². The Balaban J connectivity index is 0.00000225. The van der Waals surface area contributed by atoms with E-state index in [1.165, 1.54) is 0 Å². The lowest BCUT2D eigenvalue weighted by Gasteiger charge is -2.21. The molecule has 6 heteroatoms. The Morgan fingerprint density at radius 3 is 2.40 bits per heavy atom. The maximum absolute atomic E-state index is 5.25. The summed E-state index contributed by atoms with van der Waals surface area (Å²) in [5, 5.41) is 0. The molecule has 3 rings (SSSR count). The van der Waals surface area contributed by atoms with Gasteiger partial charge in [-0.05, 0) is 43.2 Å². The molecule has 0 bridgehead atoms. The SMILES string of the molecule is COc1ccc(N(C)c2nc(C)nc3ccn(CC(C)C)c23)cc1.Cl. The molecule has 0 atom stereocenters. The van der Waals surface area contributed by atoms with E-state index in [1.54, 1.807) is 7.11 Å². The molecule has 0 spiro atoms. The van der Waals surface area contributed by atoms with Crippen molar-refractivity contribution in [1.29, 1.82) is 0 Å². The molecule has 1 aromatic carbocycles. The predicted molar refractivity (Wildman–Crippen MR) is 105 cm³/mol. The largest absolute Gasteiger partial charge is 0.497 e. The van der Waals surface area contributed by atoms with E-state index < -0.39 is 0 Å². The van der Waals surface area contributed by atoms with Gasteiger partial charge in [-0.25, -0.2) is 9.97 Å². The number of halogens is 1. The van der Waals surface area contributed by atoms with Crippen LogP contribution in [-0.2, 0) is 6.54 Å². The van der Waals surface area contributed by atoms with E-state index >= 15 is 0 Å². The summed E-state index contributed by atoms with van der Waals surface area (Å²) in [4.78, 5) is 11.4. The number of hydrogen-bond donors (Lipinski definition) is 0. The van der Waals surface area contributed by atoms with Crippen molar-refractivity contribution in [2.75, 3.05) is 19.1 Å². The Labute approximate surface area is 155 Å². The van der Waals surface area contributed by atoms with Gasteiger partial charge in [-0.2, -0.15) is 0 Å². The van der Waals surface area contributed by atoms with Crippen LogP contribution in [0.5, 0.6) is 5.75 Å². The van der Waals surface area contributed by atoms with Crippen LogP contribution in [0.1, 0.15) is 19.7 Å². The Morgan fingerprint density at radius 2 is 1.80 bits per heavy atom. The number of aromatic nitrogens is 3. The second-order valence-electron chi connectivity index (χ2n) is 6.45. The van der Waals surface area contributed by atoms with Crippen LogP contribution in [0.4, 0.5) is 11.5 Å². The first-order chi connectivity index (χ1) is 11.5. The van der Waals surface area contributed by atoms with Crippen molar-refractivity contribution in [2.45, 2.75) is 27.3 Å². The molecule has 2 aromatic heterocycles. The number of methoxy groups -OCH3 is 1. The summed E-state index contributed by atoms with van der Waals surface area (Å²) in [6.45, 7) is 7.31. The third-order valence-electron chi connectivity index (χ3n) is 4.04. The van der Waals surface area contributed by atoms with Gasteiger partial charge in [0, 0.05) is 25.5 Å². The maximum Gasteiger partial charge on any atom is 0.161 e. The molecule has 0 unspecified atom stereocenters. The summed E-state index contributed by atoms with van der Waals surface area (Å²) in [6, 6.07) is 10.1. The summed E-state index contributed by atoms with van der Waals surface area (Å²) in [6.07, 6.45) is 2.10. The predicted octanol–water partition coefficient (Wildman–Crippen LogP) is 4.59. The molecule has 0 fully saturated rings. The second-order valence-corrected chi connectivity index (χ2v) is 6.45. The quantitative estimate of drug-likeness (QED) is 0.667. The normalized spacial score (nSPS) is 10.8. The second kappa shape index (κ2) is 7.74. The first-order valence-corrected chi connectivity index (χ1v) is 8.21. The maximum atomic E-state index is 5.25. The average molecular weight is 361 g/mol. The number of ether oxygens (including phenoxy) is 1. The van der Waals surface area contributed by atoms with Crippen LogP contribution in [0.25, 0.3) is 11.0 Å². The molecule has 0 radical (unpaired) electrons. The van der Waals surface area contributed by atoms with Crippen LogP contribution in [0.3, 0.4) is 0 Å². The van der Waals surface area contributed by atoms with Crippen molar-refractivity contribution in [3.8, 4) is 5.75 Å². The standard InChI is InChI=1S/C19H24N4O.ClH/c1-13(2)12-23-11-10-17-18(23)19(21-14(3)20-17)22(4)15-6-8-16(24-5)9-7-15;/h6-11,13H,12H2,1-5H3;1H. The zero-order valence-corrected chi connectivity index (χ0v) is 16.2. The average Bonchev–Trinajstić information content (AvgIpc) is 2.95. The lowest BCUT2D eigenvalue weighted by atomic mass is 10.2. The molecular weight excluding hydrogens is 336 g/mol. The van der Waals surface area contributed by atoms with Crippen molar-refractivity contribution >= 4 is 34.9 Å². The van der Waals surface area contributed by atoms with E-state index in [2.05, 4.69) is 40.6 Å². The first kappa shape index (κ1) is 19.1. The molecule has 0 aliphatic heterocycles. The highest BCUT2D eigenvalue weighted by molar-refractivity contribution is 5.89. The molecule has 3 aromatic rings. The third-order valence-corrected chi connectivity index (χ3v) is 4.04. The van der Waals surface area contributed by atoms with Crippen LogP contribution in [0, 0.1) is 12.8 Å². The number of fused-ring (bicyclic) bond motifs is 1. The smallest absolute Gasteiger partial charge is 0.161 e. The summed E-state index contributed by atoms with van der Waals surface area (Å²) >= 11 is 0. The minimum absolute atomic E-state index is 0. The highest BCUT2D eigenvalue weighted by Gasteiger charge is 2.16. The van der Waals surface area contributed by atoms with Gasteiger partial charge in [-0.15, -0.1) is 12.4 Å². The van der Waals surface area contributed by atoms with Crippen molar-refractivity contribution in [2.24, 2.45) is 5.92 Å². The molecule has 0 aliphatic carbocycles. The molecule has 0 aliphatic rings. The van der Waals surface area contributed by atoms with Crippen LogP contribution in [0.2, 0.25) is 0 Å². The van der Waals surface area contributed by atoms with E-state index in [1.807, 2.05) is 38.2 Å². The van der Waals surface area contributed by atoms with E-state index in [-0.39, 0.29) is 12.4 Å². The zero-order chi connectivity index (χ0) is 17.3. The monoisotopic (exact) mass is 360 g/mol. The van der Waals surface area contributed by atoms with E-state index in [9.17, 15) is 0 Å².